The minimum absolute atomic E-state index is 0.174. The fourth-order valence-corrected chi connectivity index (χ4v) is 3.09. The van der Waals surface area contributed by atoms with E-state index in [0.29, 0.717) is 0 Å². The maximum atomic E-state index is 4.47. The summed E-state index contributed by atoms with van der Waals surface area (Å²) in [6.07, 6.45) is 6.81. The molecule has 1 saturated heterocycles. The molecule has 0 spiro atoms. The van der Waals surface area contributed by atoms with Gasteiger partial charge in [-0.25, -0.2) is 9.97 Å². The lowest BCUT2D eigenvalue weighted by Gasteiger charge is -2.22. The van der Waals surface area contributed by atoms with Gasteiger partial charge in [0.05, 0.1) is 0 Å². The van der Waals surface area contributed by atoms with Gasteiger partial charge >= 0.3 is 0 Å². The van der Waals surface area contributed by atoms with Gasteiger partial charge in [-0.1, -0.05) is 45.7 Å². The largest absolute Gasteiger partial charge is 0.356 e. The Labute approximate surface area is 145 Å². The molecule has 1 aromatic carbocycles. The Hall–Kier alpha value is -2.10. The average molecular weight is 324 g/mol. The normalized spacial score (nSPS) is 15.9. The predicted molar refractivity (Wildman–Crippen MR) is 101 cm³/mol. The quantitative estimate of drug-likeness (QED) is 0.872. The smallest absolute Gasteiger partial charge is 0.135 e. The molecule has 0 aliphatic carbocycles. The van der Waals surface area contributed by atoms with Gasteiger partial charge in [0.1, 0.15) is 18.0 Å². The van der Waals surface area contributed by atoms with Gasteiger partial charge in [-0.15, -0.1) is 0 Å². The number of hydrogen-bond donors (Lipinski definition) is 1. The minimum atomic E-state index is 0.174. The van der Waals surface area contributed by atoms with Crippen LogP contribution in [-0.4, -0.2) is 23.1 Å². The Kier molecular flexibility index (Phi) is 5.03. The molecule has 0 unspecified atom stereocenters. The molecular formula is C20H28N4. The second-order valence-corrected chi connectivity index (χ2v) is 7.62. The Morgan fingerprint density at radius 2 is 1.58 bits per heavy atom. The lowest BCUT2D eigenvalue weighted by molar-refractivity contribution is 0.590. The molecule has 128 valence electrons. The molecule has 0 amide bonds. The van der Waals surface area contributed by atoms with Crippen LogP contribution in [0.1, 0.15) is 52.0 Å². The number of aromatic nitrogens is 2. The zero-order valence-electron chi connectivity index (χ0n) is 15.0. The van der Waals surface area contributed by atoms with Gasteiger partial charge in [-0.2, -0.15) is 0 Å². The molecule has 2 aromatic rings. The molecule has 4 heteroatoms. The van der Waals surface area contributed by atoms with Gasteiger partial charge in [-0.3, -0.25) is 0 Å². The van der Waals surface area contributed by atoms with Crippen LogP contribution in [0.5, 0.6) is 0 Å². The molecule has 4 nitrogen and oxygen atoms in total. The summed E-state index contributed by atoms with van der Waals surface area (Å²) in [6, 6.07) is 10.7. The SMILES string of the molecule is CC(C)(C)c1ccc(Nc2cc(N3CCCCCC3)ncn2)cc1. The third-order valence-electron chi connectivity index (χ3n) is 4.61. The van der Waals surface area contributed by atoms with Gasteiger partial charge in [0.2, 0.25) is 0 Å². The molecule has 1 aromatic heterocycles. The van der Waals surface area contributed by atoms with Crippen LogP contribution >= 0.6 is 0 Å². The van der Waals surface area contributed by atoms with E-state index in [-0.39, 0.29) is 5.41 Å². The van der Waals surface area contributed by atoms with Crippen molar-refractivity contribution in [1.29, 1.82) is 0 Å². The lowest BCUT2D eigenvalue weighted by atomic mass is 9.87. The van der Waals surface area contributed by atoms with E-state index in [2.05, 4.69) is 71.3 Å². The van der Waals surface area contributed by atoms with Crippen LogP contribution < -0.4 is 10.2 Å². The van der Waals surface area contributed by atoms with E-state index in [1.807, 2.05) is 0 Å². The zero-order chi connectivity index (χ0) is 17.0. The highest BCUT2D eigenvalue weighted by Crippen LogP contribution is 2.25. The second-order valence-electron chi connectivity index (χ2n) is 7.62. The molecule has 0 bridgehead atoms. The fourth-order valence-electron chi connectivity index (χ4n) is 3.09. The van der Waals surface area contributed by atoms with Gasteiger partial charge in [0.25, 0.3) is 0 Å². The van der Waals surface area contributed by atoms with E-state index in [0.717, 1.165) is 30.4 Å². The third-order valence-corrected chi connectivity index (χ3v) is 4.61. The van der Waals surface area contributed by atoms with Crippen molar-refractivity contribution >= 4 is 17.3 Å². The number of anilines is 3. The van der Waals surface area contributed by atoms with Crippen molar-refractivity contribution in [3.8, 4) is 0 Å². The summed E-state index contributed by atoms with van der Waals surface area (Å²) in [5, 5.41) is 3.40. The van der Waals surface area contributed by atoms with Gasteiger partial charge in [0.15, 0.2) is 0 Å². The molecule has 1 fully saturated rings. The highest BCUT2D eigenvalue weighted by molar-refractivity contribution is 5.59. The van der Waals surface area contributed by atoms with Gasteiger partial charge < -0.3 is 10.2 Å². The summed E-state index contributed by atoms with van der Waals surface area (Å²) in [5.41, 5.74) is 2.57. The Bertz CT molecular complexity index is 650. The molecule has 1 N–H and O–H groups in total. The molecular weight excluding hydrogens is 296 g/mol. The lowest BCUT2D eigenvalue weighted by Crippen LogP contribution is -2.25. The van der Waals surface area contributed by atoms with E-state index >= 15 is 0 Å². The number of benzene rings is 1. The monoisotopic (exact) mass is 324 g/mol. The van der Waals surface area contributed by atoms with Crippen LogP contribution in [0.4, 0.5) is 17.3 Å². The minimum Gasteiger partial charge on any atom is -0.356 e. The maximum Gasteiger partial charge on any atom is 0.135 e. The summed E-state index contributed by atoms with van der Waals surface area (Å²) in [4.78, 5) is 11.2. The number of rotatable bonds is 3. The average Bonchev–Trinajstić information content (AvgIpc) is 2.84. The van der Waals surface area contributed by atoms with E-state index in [1.54, 1.807) is 6.33 Å². The summed E-state index contributed by atoms with van der Waals surface area (Å²) >= 11 is 0. The highest BCUT2D eigenvalue weighted by Gasteiger charge is 2.14. The first kappa shape index (κ1) is 16.7. The van der Waals surface area contributed by atoms with Crippen LogP contribution in [0.2, 0.25) is 0 Å². The molecule has 0 saturated carbocycles. The van der Waals surface area contributed by atoms with Crippen molar-refractivity contribution in [2.75, 3.05) is 23.3 Å². The molecule has 2 heterocycles. The van der Waals surface area contributed by atoms with Crippen molar-refractivity contribution in [1.82, 2.24) is 9.97 Å². The summed E-state index contributed by atoms with van der Waals surface area (Å²) in [6.45, 7) is 8.88. The van der Waals surface area contributed by atoms with Crippen LogP contribution in [-0.2, 0) is 5.41 Å². The first-order chi connectivity index (χ1) is 11.5. The van der Waals surface area contributed by atoms with Crippen LogP contribution in [0.25, 0.3) is 0 Å². The van der Waals surface area contributed by atoms with Crippen molar-refractivity contribution in [3.63, 3.8) is 0 Å². The standard InChI is InChI=1S/C20H28N4/c1-20(2,3)16-8-10-17(11-9-16)23-18-14-19(22-15-21-18)24-12-6-4-5-7-13-24/h8-11,14-15H,4-7,12-13H2,1-3H3,(H,21,22,23). The summed E-state index contributed by atoms with van der Waals surface area (Å²) < 4.78 is 0. The number of nitrogens with one attached hydrogen (secondary N) is 1. The topological polar surface area (TPSA) is 41.0 Å². The van der Waals surface area contributed by atoms with Crippen LogP contribution in [0.15, 0.2) is 36.7 Å². The van der Waals surface area contributed by atoms with Crippen molar-refractivity contribution in [2.24, 2.45) is 0 Å². The predicted octanol–water partition coefficient (Wildman–Crippen LogP) is 4.90. The summed E-state index contributed by atoms with van der Waals surface area (Å²) in [5.74, 6) is 1.88. The van der Waals surface area contributed by atoms with E-state index in [1.165, 1.54) is 31.2 Å². The molecule has 3 rings (SSSR count). The summed E-state index contributed by atoms with van der Waals surface area (Å²) in [7, 11) is 0. The zero-order valence-corrected chi connectivity index (χ0v) is 15.0. The molecule has 1 aliphatic heterocycles. The van der Waals surface area contributed by atoms with E-state index < -0.39 is 0 Å². The number of nitrogens with zero attached hydrogens (tertiary/aromatic N) is 3. The first-order valence-electron chi connectivity index (χ1n) is 8.97. The van der Waals surface area contributed by atoms with E-state index in [4.69, 9.17) is 0 Å². The number of hydrogen-bond acceptors (Lipinski definition) is 4. The fraction of sp³-hybridized carbons (Fsp3) is 0.500. The van der Waals surface area contributed by atoms with Crippen molar-refractivity contribution in [2.45, 2.75) is 51.9 Å². The Balaban J connectivity index is 1.72. The van der Waals surface area contributed by atoms with E-state index in [9.17, 15) is 0 Å². The Morgan fingerprint density at radius 1 is 0.917 bits per heavy atom. The van der Waals surface area contributed by atoms with Crippen LogP contribution in [0.3, 0.4) is 0 Å². The van der Waals surface area contributed by atoms with Crippen molar-refractivity contribution < 1.29 is 0 Å². The molecule has 24 heavy (non-hydrogen) atoms. The van der Waals surface area contributed by atoms with Gasteiger partial charge in [-0.05, 0) is 36.0 Å². The first-order valence-corrected chi connectivity index (χ1v) is 8.97. The highest BCUT2D eigenvalue weighted by atomic mass is 15.2. The van der Waals surface area contributed by atoms with Crippen molar-refractivity contribution in [3.05, 3.63) is 42.2 Å². The molecule has 0 radical (unpaired) electrons. The molecule has 0 atom stereocenters. The molecule has 1 aliphatic rings. The Morgan fingerprint density at radius 3 is 2.21 bits per heavy atom. The maximum absolute atomic E-state index is 4.47. The third kappa shape index (κ3) is 4.25. The second kappa shape index (κ2) is 7.20. The van der Waals surface area contributed by atoms with Gasteiger partial charge in [0, 0.05) is 24.8 Å². The van der Waals surface area contributed by atoms with Crippen LogP contribution in [0, 0.1) is 0 Å².